The number of aromatic nitrogens is 2. The van der Waals surface area contributed by atoms with Gasteiger partial charge in [0, 0.05) is 25.2 Å². The second kappa shape index (κ2) is 5.98. The summed E-state index contributed by atoms with van der Waals surface area (Å²) in [5, 5.41) is 7.21. The highest BCUT2D eigenvalue weighted by molar-refractivity contribution is 5.93. The van der Waals surface area contributed by atoms with Crippen LogP contribution < -0.4 is 10.1 Å². The summed E-state index contributed by atoms with van der Waals surface area (Å²) in [6.45, 7) is 6.31. The summed E-state index contributed by atoms with van der Waals surface area (Å²) in [5.74, 6) is 0.427. The van der Waals surface area contributed by atoms with Crippen molar-refractivity contribution in [3.8, 4) is 5.88 Å². The number of carbonyl (C=O) groups is 2. The van der Waals surface area contributed by atoms with Gasteiger partial charge in [-0.3, -0.25) is 9.59 Å². The highest BCUT2D eigenvalue weighted by atomic mass is 16.5. The average Bonchev–Trinajstić information content (AvgIpc) is 3.07. The summed E-state index contributed by atoms with van der Waals surface area (Å²) >= 11 is 0. The number of hydrogen-bond donors (Lipinski definition) is 1. The van der Waals surface area contributed by atoms with Crippen molar-refractivity contribution >= 4 is 11.8 Å². The zero-order valence-electron chi connectivity index (χ0n) is 13.0. The molecule has 1 fully saturated rings. The van der Waals surface area contributed by atoms with Crippen LogP contribution in [-0.4, -0.2) is 52.2 Å². The summed E-state index contributed by atoms with van der Waals surface area (Å²) in [4.78, 5) is 26.4. The monoisotopic (exact) mass is 306 g/mol. The van der Waals surface area contributed by atoms with Gasteiger partial charge in [0.1, 0.15) is 6.61 Å². The lowest BCUT2D eigenvalue weighted by molar-refractivity contribution is -0.126. The molecule has 0 saturated carbocycles. The number of hydrogen-bond acceptors (Lipinski definition) is 4. The second-order valence-corrected chi connectivity index (χ2v) is 6.19. The highest BCUT2D eigenvalue weighted by Crippen LogP contribution is 2.22. The molecule has 0 bridgehead atoms. The van der Waals surface area contributed by atoms with E-state index >= 15 is 0 Å². The van der Waals surface area contributed by atoms with Gasteiger partial charge < -0.3 is 15.0 Å². The van der Waals surface area contributed by atoms with E-state index in [1.54, 1.807) is 15.6 Å². The molecule has 7 nitrogen and oxygen atoms in total. The molecule has 1 aromatic heterocycles. The molecule has 2 amide bonds. The first-order chi connectivity index (χ1) is 10.5. The van der Waals surface area contributed by atoms with Crippen molar-refractivity contribution in [2.75, 3.05) is 19.7 Å². The van der Waals surface area contributed by atoms with Crippen molar-refractivity contribution in [2.45, 2.75) is 39.3 Å². The fourth-order valence-corrected chi connectivity index (χ4v) is 2.96. The molecule has 1 aromatic rings. The zero-order chi connectivity index (χ0) is 15.7. The third kappa shape index (κ3) is 2.93. The molecule has 0 aliphatic carbocycles. The summed E-state index contributed by atoms with van der Waals surface area (Å²) in [6, 6.07) is 1.81. The van der Waals surface area contributed by atoms with Gasteiger partial charge in [0.15, 0.2) is 5.69 Å². The van der Waals surface area contributed by atoms with E-state index in [0.717, 1.165) is 12.8 Å². The minimum Gasteiger partial charge on any atom is -0.476 e. The Morgan fingerprint density at radius 3 is 2.95 bits per heavy atom. The molecule has 1 saturated heterocycles. The molecule has 0 spiro atoms. The van der Waals surface area contributed by atoms with Crippen LogP contribution in [-0.2, 0) is 11.3 Å². The van der Waals surface area contributed by atoms with E-state index in [2.05, 4.69) is 10.4 Å². The van der Waals surface area contributed by atoms with Crippen LogP contribution in [0.2, 0.25) is 0 Å². The van der Waals surface area contributed by atoms with Gasteiger partial charge in [-0.15, -0.1) is 0 Å². The number of fused-ring (bicyclic) bond motifs is 1. The Balaban J connectivity index is 1.66. The molecular formula is C15H22N4O3. The Bertz CT molecular complexity index is 560. The topological polar surface area (TPSA) is 76.5 Å². The van der Waals surface area contributed by atoms with E-state index < -0.39 is 0 Å². The van der Waals surface area contributed by atoms with Crippen LogP contribution in [0.4, 0.5) is 0 Å². The number of carbonyl (C=O) groups excluding carboxylic acids is 2. The second-order valence-electron chi connectivity index (χ2n) is 6.19. The van der Waals surface area contributed by atoms with Crippen LogP contribution in [0.25, 0.3) is 0 Å². The Kier molecular flexibility index (Phi) is 4.04. The van der Waals surface area contributed by atoms with Gasteiger partial charge >= 0.3 is 0 Å². The third-order valence-corrected chi connectivity index (χ3v) is 4.03. The highest BCUT2D eigenvalue weighted by Gasteiger charge is 2.31. The van der Waals surface area contributed by atoms with Gasteiger partial charge in [-0.05, 0) is 26.7 Å². The minimum absolute atomic E-state index is 0.0307. The molecule has 1 N–H and O–H groups in total. The van der Waals surface area contributed by atoms with Crippen LogP contribution in [0.5, 0.6) is 5.88 Å². The van der Waals surface area contributed by atoms with Crippen molar-refractivity contribution < 1.29 is 14.3 Å². The number of nitrogens with one attached hydrogen (secondary N) is 1. The minimum atomic E-state index is -0.134. The van der Waals surface area contributed by atoms with E-state index in [1.165, 1.54) is 0 Å². The zero-order valence-corrected chi connectivity index (χ0v) is 13.0. The Hall–Kier alpha value is -2.05. The van der Waals surface area contributed by atoms with Gasteiger partial charge in [-0.25, -0.2) is 4.68 Å². The Labute approximate surface area is 129 Å². The predicted octanol–water partition coefficient (Wildman–Crippen LogP) is 0.652. The van der Waals surface area contributed by atoms with Crippen LogP contribution in [0.3, 0.4) is 0 Å². The quantitative estimate of drug-likeness (QED) is 0.889. The normalized spacial score (nSPS) is 20.7. The molecule has 2 aliphatic heterocycles. The van der Waals surface area contributed by atoms with Crippen LogP contribution in [0.1, 0.15) is 37.2 Å². The molecule has 2 aliphatic rings. The number of nitrogens with zero attached hydrogens (tertiary/aromatic N) is 3. The Morgan fingerprint density at radius 1 is 1.41 bits per heavy atom. The lowest BCUT2D eigenvalue weighted by Crippen LogP contribution is -2.46. The molecule has 1 atom stereocenters. The largest absolute Gasteiger partial charge is 0.476 e. The number of ether oxygens (including phenoxy) is 1. The number of rotatable bonds is 3. The molecule has 3 rings (SSSR count). The van der Waals surface area contributed by atoms with E-state index in [4.69, 9.17) is 4.74 Å². The van der Waals surface area contributed by atoms with Crippen molar-refractivity contribution in [2.24, 2.45) is 5.92 Å². The van der Waals surface area contributed by atoms with Crippen molar-refractivity contribution in [1.82, 2.24) is 20.0 Å². The standard InChI is InChI=1S/C15H22N4O3/c1-10(2)16-14(20)11-4-3-5-18(9-11)15(21)12-8-13-19(17-12)6-7-22-13/h8,10-11H,3-7,9H2,1-2H3,(H,16,20). The fourth-order valence-electron chi connectivity index (χ4n) is 2.96. The third-order valence-electron chi connectivity index (χ3n) is 4.03. The van der Waals surface area contributed by atoms with Crippen molar-refractivity contribution in [3.63, 3.8) is 0 Å². The molecular weight excluding hydrogens is 284 g/mol. The summed E-state index contributed by atoms with van der Waals surface area (Å²) in [5.41, 5.74) is 0.402. The van der Waals surface area contributed by atoms with Gasteiger partial charge in [0.25, 0.3) is 5.91 Å². The van der Waals surface area contributed by atoms with E-state index in [0.29, 0.717) is 37.8 Å². The lowest BCUT2D eigenvalue weighted by atomic mass is 9.96. The SMILES string of the molecule is CC(C)NC(=O)C1CCCN(C(=O)c2cc3n(n2)CCO3)C1. The molecule has 3 heterocycles. The Morgan fingerprint density at radius 2 is 2.23 bits per heavy atom. The lowest BCUT2D eigenvalue weighted by Gasteiger charge is -2.32. The molecule has 120 valence electrons. The molecule has 7 heteroatoms. The summed E-state index contributed by atoms with van der Waals surface area (Å²) < 4.78 is 7.09. The van der Waals surface area contributed by atoms with Gasteiger partial charge in [0.05, 0.1) is 12.5 Å². The first-order valence-corrected chi connectivity index (χ1v) is 7.85. The van der Waals surface area contributed by atoms with Crippen molar-refractivity contribution in [3.05, 3.63) is 11.8 Å². The maximum absolute atomic E-state index is 12.6. The first-order valence-electron chi connectivity index (χ1n) is 7.85. The molecule has 0 radical (unpaired) electrons. The predicted molar refractivity (Wildman–Crippen MR) is 79.6 cm³/mol. The van der Waals surface area contributed by atoms with Crippen LogP contribution in [0, 0.1) is 5.92 Å². The van der Waals surface area contributed by atoms with Gasteiger partial charge in [0.2, 0.25) is 11.8 Å². The van der Waals surface area contributed by atoms with E-state index in [9.17, 15) is 9.59 Å². The summed E-state index contributed by atoms with van der Waals surface area (Å²) in [6.07, 6.45) is 1.66. The fraction of sp³-hybridized carbons (Fsp3) is 0.667. The van der Waals surface area contributed by atoms with E-state index in [1.807, 2.05) is 13.8 Å². The molecule has 22 heavy (non-hydrogen) atoms. The average molecular weight is 306 g/mol. The maximum Gasteiger partial charge on any atom is 0.274 e. The number of piperidine rings is 1. The maximum atomic E-state index is 12.6. The number of likely N-dealkylation sites (tertiary alicyclic amines) is 1. The molecule has 1 unspecified atom stereocenters. The smallest absolute Gasteiger partial charge is 0.274 e. The first kappa shape index (κ1) is 14.9. The van der Waals surface area contributed by atoms with Crippen molar-refractivity contribution in [1.29, 1.82) is 0 Å². The summed E-state index contributed by atoms with van der Waals surface area (Å²) in [7, 11) is 0. The van der Waals surface area contributed by atoms with Crippen LogP contribution in [0.15, 0.2) is 6.07 Å². The van der Waals surface area contributed by atoms with E-state index in [-0.39, 0.29) is 23.8 Å². The molecule has 0 aromatic carbocycles. The van der Waals surface area contributed by atoms with Gasteiger partial charge in [-0.2, -0.15) is 5.10 Å². The van der Waals surface area contributed by atoms with Crippen LogP contribution >= 0.6 is 0 Å². The number of amides is 2. The van der Waals surface area contributed by atoms with Gasteiger partial charge in [-0.1, -0.05) is 0 Å².